The number of hydrogen-bond acceptors (Lipinski definition) is 2. The first kappa shape index (κ1) is 11.2. The van der Waals surface area contributed by atoms with E-state index in [0.29, 0.717) is 5.92 Å². The van der Waals surface area contributed by atoms with Crippen molar-refractivity contribution in [2.75, 3.05) is 13.1 Å². The van der Waals surface area contributed by atoms with Crippen LogP contribution >= 0.6 is 0 Å². The zero-order chi connectivity index (χ0) is 11.7. The van der Waals surface area contributed by atoms with Gasteiger partial charge in [0.15, 0.2) is 0 Å². The van der Waals surface area contributed by atoms with Crippen molar-refractivity contribution < 1.29 is 0 Å². The predicted molar refractivity (Wildman–Crippen MR) is 70.0 cm³/mol. The van der Waals surface area contributed by atoms with E-state index in [1.165, 1.54) is 44.3 Å². The van der Waals surface area contributed by atoms with Gasteiger partial charge >= 0.3 is 0 Å². The summed E-state index contributed by atoms with van der Waals surface area (Å²) in [5.74, 6) is 1.68. The van der Waals surface area contributed by atoms with Crippen LogP contribution in [0.3, 0.4) is 0 Å². The van der Waals surface area contributed by atoms with Crippen molar-refractivity contribution in [2.24, 2.45) is 5.92 Å². The van der Waals surface area contributed by atoms with Crippen molar-refractivity contribution in [1.29, 1.82) is 0 Å². The van der Waals surface area contributed by atoms with Gasteiger partial charge in [-0.15, -0.1) is 0 Å². The van der Waals surface area contributed by atoms with Gasteiger partial charge in [-0.05, 0) is 56.3 Å². The van der Waals surface area contributed by atoms with E-state index >= 15 is 0 Å². The van der Waals surface area contributed by atoms with Crippen LogP contribution in [0.25, 0.3) is 0 Å². The number of aromatic nitrogens is 1. The average Bonchev–Trinajstić information content (AvgIpc) is 2.42. The molecule has 0 radical (unpaired) electrons. The first-order valence-electron chi connectivity index (χ1n) is 7.02. The van der Waals surface area contributed by atoms with Crippen LogP contribution in [0.2, 0.25) is 0 Å². The lowest BCUT2D eigenvalue weighted by molar-refractivity contribution is 0.0338. The van der Waals surface area contributed by atoms with Gasteiger partial charge in [-0.2, -0.15) is 0 Å². The van der Waals surface area contributed by atoms with E-state index in [0.717, 1.165) is 12.0 Å². The van der Waals surface area contributed by atoms with E-state index in [2.05, 4.69) is 35.1 Å². The minimum atomic E-state index is 0.687. The van der Waals surface area contributed by atoms with Gasteiger partial charge in [-0.3, -0.25) is 9.88 Å². The molecule has 0 amide bonds. The molecule has 4 rings (SSSR count). The largest absolute Gasteiger partial charge is 0.300 e. The Morgan fingerprint density at radius 3 is 2.76 bits per heavy atom. The monoisotopic (exact) mass is 230 g/mol. The SMILES string of the molecule is CCC(c1cccnc1)C1CC2CCN1CC2. The minimum Gasteiger partial charge on any atom is -0.300 e. The highest BCUT2D eigenvalue weighted by molar-refractivity contribution is 5.18. The Balaban J connectivity index is 1.82. The molecular weight excluding hydrogens is 208 g/mol. The van der Waals surface area contributed by atoms with Crippen molar-refractivity contribution >= 4 is 0 Å². The van der Waals surface area contributed by atoms with E-state index in [9.17, 15) is 0 Å². The number of nitrogens with zero attached hydrogens (tertiary/aromatic N) is 2. The second-order valence-corrected chi connectivity index (χ2v) is 5.58. The molecule has 4 heterocycles. The number of hydrogen-bond donors (Lipinski definition) is 0. The molecule has 3 aliphatic rings. The van der Waals surface area contributed by atoms with Crippen LogP contribution in [-0.4, -0.2) is 29.0 Å². The third kappa shape index (κ3) is 2.11. The molecule has 2 unspecified atom stereocenters. The second kappa shape index (κ2) is 4.77. The molecule has 3 saturated heterocycles. The number of piperidine rings is 3. The van der Waals surface area contributed by atoms with E-state index in [1.54, 1.807) is 0 Å². The van der Waals surface area contributed by atoms with Gasteiger partial charge in [0.2, 0.25) is 0 Å². The molecule has 0 aromatic carbocycles. The van der Waals surface area contributed by atoms with E-state index in [-0.39, 0.29) is 0 Å². The van der Waals surface area contributed by atoms with Gasteiger partial charge < -0.3 is 0 Å². The van der Waals surface area contributed by atoms with Gasteiger partial charge in [0.1, 0.15) is 0 Å². The second-order valence-electron chi connectivity index (χ2n) is 5.58. The standard InChI is InChI=1S/C15H22N2/c1-2-14(13-4-3-7-16-11-13)15-10-12-5-8-17(15)9-6-12/h3-4,7,11-12,14-15H,2,5-6,8-10H2,1H3. The molecule has 3 aliphatic heterocycles. The maximum Gasteiger partial charge on any atom is 0.0303 e. The smallest absolute Gasteiger partial charge is 0.0303 e. The van der Waals surface area contributed by atoms with Gasteiger partial charge in [0, 0.05) is 24.4 Å². The Morgan fingerprint density at radius 1 is 1.41 bits per heavy atom. The van der Waals surface area contributed by atoms with Crippen molar-refractivity contribution in [3.05, 3.63) is 30.1 Å². The summed E-state index contributed by atoms with van der Waals surface area (Å²) in [5.41, 5.74) is 1.44. The lowest BCUT2D eigenvalue weighted by Gasteiger charge is -2.48. The average molecular weight is 230 g/mol. The molecule has 1 aromatic rings. The predicted octanol–water partition coefficient (Wildman–Crippen LogP) is 3.06. The van der Waals surface area contributed by atoms with Gasteiger partial charge in [0.05, 0.1) is 0 Å². The molecular formula is C15H22N2. The fraction of sp³-hybridized carbons (Fsp3) is 0.667. The van der Waals surface area contributed by atoms with Crippen LogP contribution in [0.4, 0.5) is 0 Å². The molecule has 2 heteroatoms. The van der Waals surface area contributed by atoms with E-state index in [1.807, 2.05) is 6.20 Å². The zero-order valence-corrected chi connectivity index (χ0v) is 10.7. The summed E-state index contributed by atoms with van der Waals surface area (Å²) in [6, 6.07) is 5.11. The van der Waals surface area contributed by atoms with Crippen molar-refractivity contribution in [2.45, 2.75) is 44.6 Å². The molecule has 3 fully saturated rings. The van der Waals surface area contributed by atoms with E-state index in [4.69, 9.17) is 0 Å². The van der Waals surface area contributed by atoms with Crippen LogP contribution < -0.4 is 0 Å². The third-order valence-corrected chi connectivity index (χ3v) is 4.71. The third-order valence-electron chi connectivity index (χ3n) is 4.71. The molecule has 92 valence electrons. The van der Waals surface area contributed by atoms with Crippen molar-refractivity contribution in [3.8, 4) is 0 Å². The Kier molecular flexibility index (Phi) is 3.15. The lowest BCUT2D eigenvalue weighted by atomic mass is 9.76. The lowest BCUT2D eigenvalue weighted by Crippen LogP contribution is -2.51. The quantitative estimate of drug-likeness (QED) is 0.793. The maximum atomic E-state index is 4.29. The number of fused-ring (bicyclic) bond motifs is 3. The van der Waals surface area contributed by atoms with Crippen LogP contribution in [0, 0.1) is 5.92 Å². The molecule has 2 atom stereocenters. The van der Waals surface area contributed by atoms with Crippen LogP contribution in [0.5, 0.6) is 0 Å². The molecule has 0 saturated carbocycles. The minimum absolute atomic E-state index is 0.687. The summed E-state index contributed by atoms with van der Waals surface area (Å²) in [6.45, 7) is 4.97. The highest BCUT2D eigenvalue weighted by Crippen LogP contribution is 2.39. The van der Waals surface area contributed by atoms with Gasteiger partial charge in [-0.1, -0.05) is 13.0 Å². The first-order chi connectivity index (χ1) is 8.38. The molecule has 0 aliphatic carbocycles. The maximum absolute atomic E-state index is 4.29. The molecule has 17 heavy (non-hydrogen) atoms. The normalized spacial score (nSPS) is 33.6. The van der Waals surface area contributed by atoms with Crippen LogP contribution in [0.15, 0.2) is 24.5 Å². The highest BCUT2D eigenvalue weighted by Gasteiger charge is 2.37. The summed E-state index contributed by atoms with van der Waals surface area (Å²) in [5, 5.41) is 0. The topological polar surface area (TPSA) is 16.1 Å². The van der Waals surface area contributed by atoms with Crippen molar-refractivity contribution in [1.82, 2.24) is 9.88 Å². The van der Waals surface area contributed by atoms with Crippen molar-refractivity contribution in [3.63, 3.8) is 0 Å². The molecule has 2 nitrogen and oxygen atoms in total. The van der Waals surface area contributed by atoms with Gasteiger partial charge in [0.25, 0.3) is 0 Å². The summed E-state index contributed by atoms with van der Waals surface area (Å²) < 4.78 is 0. The number of pyridine rings is 1. The molecule has 2 bridgehead atoms. The Labute approximate surface area is 104 Å². The summed E-state index contributed by atoms with van der Waals surface area (Å²) in [6.07, 6.45) is 9.45. The fourth-order valence-electron chi connectivity index (χ4n) is 3.75. The summed E-state index contributed by atoms with van der Waals surface area (Å²) >= 11 is 0. The van der Waals surface area contributed by atoms with E-state index < -0.39 is 0 Å². The number of rotatable bonds is 3. The Morgan fingerprint density at radius 2 is 2.24 bits per heavy atom. The fourth-order valence-corrected chi connectivity index (χ4v) is 3.75. The Hall–Kier alpha value is -0.890. The Bertz CT molecular complexity index is 354. The zero-order valence-electron chi connectivity index (χ0n) is 10.7. The summed E-state index contributed by atoms with van der Waals surface area (Å²) in [4.78, 5) is 7.02. The van der Waals surface area contributed by atoms with Gasteiger partial charge in [-0.25, -0.2) is 0 Å². The summed E-state index contributed by atoms with van der Waals surface area (Å²) in [7, 11) is 0. The highest BCUT2D eigenvalue weighted by atomic mass is 15.2. The molecule has 0 spiro atoms. The van der Waals surface area contributed by atoms with Crippen LogP contribution in [-0.2, 0) is 0 Å². The molecule has 0 N–H and O–H groups in total. The van der Waals surface area contributed by atoms with Crippen LogP contribution in [0.1, 0.15) is 44.1 Å². The first-order valence-corrected chi connectivity index (χ1v) is 7.02. The molecule has 1 aromatic heterocycles.